The van der Waals surface area contributed by atoms with Gasteiger partial charge in [0.2, 0.25) is 5.91 Å². The fourth-order valence-corrected chi connectivity index (χ4v) is 3.26. The van der Waals surface area contributed by atoms with E-state index in [1.54, 1.807) is 0 Å². The number of piperazine rings is 1. The van der Waals surface area contributed by atoms with Crippen LogP contribution < -0.4 is 10.2 Å². The third kappa shape index (κ3) is 2.34. The van der Waals surface area contributed by atoms with Gasteiger partial charge in [-0.2, -0.15) is 0 Å². The Kier molecular flexibility index (Phi) is 3.76. The fourth-order valence-electron chi connectivity index (χ4n) is 3.26. The molecule has 2 aliphatic rings. The molecule has 0 aromatic heterocycles. The lowest BCUT2D eigenvalue weighted by Gasteiger charge is -2.31. The van der Waals surface area contributed by atoms with Crippen LogP contribution in [-0.2, 0) is 4.79 Å². The maximum absolute atomic E-state index is 12.7. The van der Waals surface area contributed by atoms with Gasteiger partial charge >= 0.3 is 0 Å². The molecule has 2 fully saturated rings. The van der Waals surface area contributed by atoms with Crippen LogP contribution in [0.25, 0.3) is 0 Å². The summed E-state index contributed by atoms with van der Waals surface area (Å²) >= 11 is 0. The average Bonchev–Trinajstić information content (AvgIpc) is 2.85. The zero-order valence-electron chi connectivity index (χ0n) is 12.4. The molecule has 4 nitrogen and oxygen atoms in total. The molecule has 1 atom stereocenters. The first-order chi connectivity index (χ1) is 9.68. The monoisotopic (exact) mass is 273 g/mol. The first-order valence-electron chi connectivity index (χ1n) is 7.51. The van der Waals surface area contributed by atoms with Crippen LogP contribution in [0.1, 0.15) is 17.5 Å². The quantitative estimate of drug-likeness (QED) is 0.882. The predicted molar refractivity (Wildman–Crippen MR) is 81.1 cm³/mol. The lowest BCUT2D eigenvalue weighted by molar-refractivity contribution is -0.121. The van der Waals surface area contributed by atoms with E-state index < -0.39 is 0 Å². The number of nitrogens with zero attached hydrogens (tertiary/aromatic N) is 2. The van der Waals surface area contributed by atoms with Crippen LogP contribution in [0.4, 0.5) is 5.69 Å². The number of amides is 1. The third-order valence-corrected chi connectivity index (χ3v) is 4.64. The van der Waals surface area contributed by atoms with Gasteiger partial charge in [-0.1, -0.05) is 12.1 Å². The van der Waals surface area contributed by atoms with Crippen LogP contribution in [-0.4, -0.2) is 49.6 Å². The van der Waals surface area contributed by atoms with Gasteiger partial charge < -0.3 is 10.2 Å². The van der Waals surface area contributed by atoms with Crippen LogP contribution in [0, 0.1) is 13.8 Å². The van der Waals surface area contributed by atoms with Gasteiger partial charge in [-0.05, 0) is 37.5 Å². The van der Waals surface area contributed by atoms with E-state index in [9.17, 15) is 4.79 Å². The number of carbonyl (C=O) groups excluding carboxylic acids is 1. The third-order valence-electron chi connectivity index (χ3n) is 4.64. The molecule has 1 aromatic carbocycles. The normalized spacial score (nSPS) is 24.4. The van der Waals surface area contributed by atoms with Gasteiger partial charge in [0.25, 0.3) is 0 Å². The van der Waals surface area contributed by atoms with Crippen LogP contribution in [0.15, 0.2) is 18.2 Å². The summed E-state index contributed by atoms with van der Waals surface area (Å²) in [4.78, 5) is 17.1. The standard InChI is InChI=1S/C16H23N3O/c1-12-4-3-5-14(13(12)2)19-9-6-15(16(19)20)18-10-7-17-8-11-18/h3-5,15,17H,6-11H2,1-2H3. The molecule has 0 spiro atoms. The van der Waals surface area contributed by atoms with Crippen LogP contribution in [0.5, 0.6) is 0 Å². The highest BCUT2D eigenvalue weighted by molar-refractivity contribution is 6.00. The Labute approximate surface area is 120 Å². The number of anilines is 1. The summed E-state index contributed by atoms with van der Waals surface area (Å²) < 4.78 is 0. The number of benzene rings is 1. The lowest BCUT2D eigenvalue weighted by atomic mass is 10.1. The van der Waals surface area contributed by atoms with Gasteiger partial charge in [0.05, 0.1) is 6.04 Å². The zero-order valence-corrected chi connectivity index (χ0v) is 12.4. The molecule has 1 aromatic rings. The first kappa shape index (κ1) is 13.6. The maximum atomic E-state index is 12.7. The van der Waals surface area contributed by atoms with Crippen molar-refractivity contribution in [2.45, 2.75) is 26.3 Å². The molecule has 1 unspecified atom stereocenters. The second kappa shape index (κ2) is 5.54. The topological polar surface area (TPSA) is 35.6 Å². The number of carbonyl (C=O) groups is 1. The summed E-state index contributed by atoms with van der Waals surface area (Å²) in [6, 6.07) is 6.30. The van der Waals surface area contributed by atoms with Crippen molar-refractivity contribution >= 4 is 11.6 Å². The van der Waals surface area contributed by atoms with E-state index in [2.05, 4.69) is 36.2 Å². The van der Waals surface area contributed by atoms with Crippen LogP contribution in [0.3, 0.4) is 0 Å². The predicted octanol–water partition coefficient (Wildman–Crippen LogP) is 1.31. The fraction of sp³-hybridized carbons (Fsp3) is 0.562. The van der Waals surface area contributed by atoms with E-state index in [4.69, 9.17) is 0 Å². The highest BCUT2D eigenvalue weighted by Gasteiger charge is 2.37. The Balaban J connectivity index is 1.80. The van der Waals surface area contributed by atoms with Gasteiger partial charge in [0.15, 0.2) is 0 Å². The van der Waals surface area contributed by atoms with E-state index in [0.29, 0.717) is 0 Å². The van der Waals surface area contributed by atoms with Crippen molar-refractivity contribution in [2.75, 3.05) is 37.6 Å². The zero-order chi connectivity index (χ0) is 14.1. The van der Waals surface area contributed by atoms with Gasteiger partial charge in [0, 0.05) is 38.4 Å². The van der Waals surface area contributed by atoms with E-state index in [-0.39, 0.29) is 11.9 Å². The highest BCUT2D eigenvalue weighted by Crippen LogP contribution is 2.28. The molecule has 0 bridgehead atoms. The van der Waals surface area contributed by atoms with Crippen molar-refractivity contribution < 1.29 is 4.79 Å². The Hall–Kier alpha value is -1.39. The Bertz CT molecular complexity index is 508. The van der Waals surface area contributed by atoms with Gasteiger partial charge in [0.1, 0.15) is 0 Å². The molecule has 2 aliphatic heterocycles. The van der Waals surface area contributed by atoms with Crippen LogP contribution >= 0.6 is 0 Å². The van der Waals surface area contributed by atoms with E-state index in [0.717, 1.165) is 44.8 Å². The molecule has 20 heavy (non-hydrogen) atoms. The number of rotatable bonds is 2. The molecule has 4 heteroatoms. The SMILES string of the molecule is Cc1cccc(N2CCC(N3CCNCC3)C2=O)c1C. The first-order valence-corrected chi connectivity index (χ1v) is 7.51. The smallest absolute Gasteiger partial charge is 0.244 e. The van der Waals surface area contributed by atoms with Crippen molar-refractivity contribution in [2.24, 2.45) is 0 Å². The van der Waals surface area contributed by atoms with Gasteiger partial charge in [-0.15, -0.1) is 0 Å². The number of hydrogen-bond donors (Lipinski definition) is 1. The Morgan fingerprint density at radius 1 is 1.15 bits per heavy atom. The summed E-state index contributed by atoms with van der Waals surface area (Å²) in [5.41, 5.74) is 3.57. The molecule has 0 saturated carbocycles. The summed E-state index contributed by atoms with van der Waals surface area (Å²) in [5, 5.41) is 3.35. The largest absolute Gasteiger partial charge is 0.314 e. The average molecular weight is 273 g/mol. The van der Waals surface area contributed by atoms with Crippen molar-refractivity contribution in [1.29, 1.82) is 0 Å². The maximum Gasteiger partial charge on any atom is 0.244 e. The van der Waals surface area contributed by atoms with Crippen molar-refractivity contribution in [3.8, 4) is 0 Å². The van der Waals surface area contributed by atoms with Gasteiger partial charge in [-0.25, -0.2) is 0 Å². The number of hydrogen-bond acceptors (Lipinski definition) is 3. The molecule has 3 rings (SSSR count). The highest BCUT2D eigenvalue weighted by atomic mass is 16.2. The summed E-state index contributed by atoms with van der Waals surface area (Å²) in [6.45, 7) is 9.01. The minimum Gasteiger partial charge on any atom is -0.314 e. The molecule has 108 valence electrons. The Morgan fingerprint density at radius 3 is 2.65 bits per heavy atom. The Morgan fingerprint density at radius 2 is 1.90 bits per heavy atom. The summed E-state index contributed by atoms with van der Waals surface area (Å²) in [6.07, 6.45) is 0.951. The molecule has 2 saturated heterocycles. The minimum atomic E-state index is 0.0806. The molecular formula is C16H23N3O. The molecule has 0 radical (unpaired) electrons. The van der Waals surface area contributed by atoms with E-state index in [1.807, 2.05) is 11.0 Å². The van der Waals surface area contributed by atoms with E-state index >= 15 is 0 Å². The second-order valence-corrected chi connectivity index (χ2v) is 5.80. The minimum absolute atomic E-state index is 0.0806. The molecule has 2 heterocycles. The molecule has 1 amide bonds. The van der Waals surface area contributed by atoms with Crippen LogP contribution in [0.2, 0.25) is 0 Å². The lowest BCUT2D eigenvalue weighted by Crippen LogP contribution is -2.51. The second-order valence-electron chi connectivity index (χ2n) is 5.80. The number of aryl methyl sites for hydroxylation is 1. The van der Waals surface area contributed by atoms with E-state index in [1.165, 1.54) is 11.1 Å². The summed E-state index contributed by atoms with van der Waals surface area (Å²) in [7, 11) is 0. The number of nitrogens with one attached hydrogen (secondary N) is 1. The molecule has 1 N–H and O–H groups in total. The molecular weight excluding hydrogens is 250 g/mol. The van der Waals surface area contributed by atoms with Gasteiger partial charge in [-0.3, -0.25) is 9.69 Å². The van der Waals surface area contributed by atoms with Crippen molar-refractivity contribution in [1.82, 2.24) is 10.2 Å². The molecule has 0 aliphatic carbocycles. The summed E-state index contributed by atoms with van der Waals surface area (Å²) in [5.74, 6) is 0.278. The van der Waals surface area contributed by atoms with Crippen molar-refractivity contribution in [3.05, 3.63) is 29.3 Å². The van der Waals surface area contributed by atoms with Crippen molar-refractivity contribution in [3.63, 3.8) is 0 Å².